The van der Waals surface area contributed by atoms with Crippen molar-refractivity contribution in [2.75, 3.05) is 7.05 Å². The minimum Gasteiger partial charge on any atom is -0.356 e. The van der Waals surface area contributed by atoms with Crippen LogP contribution in [0.15, 0.2) is 45.9 Å². The van der Waals surface area contributed by atoms with Gasteiger partial charge in [0.05, 0.1) is 28.4 Å². The van der Waals surface area contributed by atoms with Gasteiger partial charge >= 0.3 is 0 Å². The largest absolute Gasteiger partial charge is 0.356 e. The minimum atomic E-state index is -3.73. The van der Waals surface area contributed by atoms with Gasteiger partial charge in [-0.2, -0.15) is 0 Å². The highest BCUT2D eigenvalue weighted by atomic mass is 32.2. The molecule has 0 aliphatic carbocycles. The molecule has 0 radical (unpaired) electrons. The molecule has 0 aliphatic rings. The quantitative estimate of drug-likeness (QED) is 0.607. The summed E-state index contributed by atoms with van der Waals surface area (Å²) in [7, 11) is -2.02. The Kier molecular flexibility index (Phi) is 6.28. The fourth-order valence-corrected chi connectivity index (χ4v) is 3.45. The zero-order valence-electron chi connectivity index (χ0n) is 17.0. The molecule has 0 atom stereocenters. The van der Waals surface area contributed by atoms with E-state index in [0.717, 1.165) is 11.3 Å². The molecule has 10 heteroatoms. The Hall–Kier alpha value is -3.11. The summed E-state index contributed by atoms with van der Waals surface area (Å²) < 4.78 is 28.0. The first-order chi connectivity index (χ1) is 14.1. The van der Waals surface area contributed by atoms with Gasteiger partial charge in [0, 0.05) is 25.7 Å². The van der Waals surface area contributed by atoms with Crippen LogP contribution in [0, 0.1) is 13.8 Å². The van der Waals surface area contributed by atoms with E-state index in [9.17, 15) is 13.2 Å². The van der Waals surface area contributed by atoms with Crippen molar-refractivity contribution < 1.29 is 17.7 Å². The molecule has 3 aromatic rings. The minimum absolute atomic E-state index is 0.0454. The van der Waals surface area contributed by atoms with Crippen LogP contribution in [0.1, 0.15) is 29.2 Å². The van der Waals surface area contributed by atoms with Crippen molar-refractivity contribution in [2.45, 2.75) is 38.1 Å². The molecule has 0 bridgehead atoms. The molecule has 2 N–H and O–H groups in total. The summed E-state index contributed by atoms with van der Waals surface area (Å²) in [5.41, 5.74) is 2.96. The lowest BCUT2D eigenvalue weighted by Crippen LogP contribution is -2.27. The zero-order chi connectivity index (χ0) is 21.9. The number of sulfonamides is 1. The van der Waals surface area contributed by atoms with Gasteiger partial charge in [0.1, 0.15) is 5.82 Å². The Morgan fingerprint density at radius 2 is 1.90 bits per heavy atom. The van der Waals surface area contributed by atoms with E-state index in [-0.39, 0.29) is 17.2 Å². The number of aryl methyl sites for hydroxylation is 3. The lowest BCUT2D eigenvalue weighted by Gasteiger charge is -2.18. The second kappa shape index (κ2) is 8.72. The fourth-order valence-electron chi connectivity index (χ4n) is 2.93. The third-order valence-corrected chi connectivity index (χ3v) is 5.50. The highest BCUT2D eigenvalue weighted by Crippen LogP contribution is 2.24. The van der Waals surface area contributed by atoms with E-state index in [1.54, 1.807) is 43.3 Å². The first-order valence-electron chi connectivity index (χ1n) is 9.25. The zero-order valence-corrected chi connectivity index (χ0v) is 17.8. The summed E-state index contributed by atoms with van der Waals surface area (Å²) in [6.07, 6.45) is 2.42. The molecular formula is C20H23N5O4S. The van der Waals surface area contributed by atoms with Crippen molar-refractivity contribution in [2.24, 2.45) is 5.14 Å². The molecule has 0 fully saturated rings. The van der Waals surface area contributed by atoms with Crippen molar-refractivity contribution in [3.05, 3.63) is 59.3 Å². The van der Waals surface area contributed by atoms with Crippen LogP contribution in [-0.4, -0.2) is 41.4 Å². The molecule has 158 valence electrons. The van der Waals surface area contributed by atoms with Gasteiger partial charge in [-0.25, -0.2) is 23.5 Å². The molecule has 2 aromatic heterocycles. The number of amides is 1. The summed E-state index contributed by atoms with van der Waals surface area (Å²) in [5.74, 6) is 1.08. The second-order valence-electron chi connectivity index (χ2n) is 7.05. The maximum absolute atomic E-state index is 12.6. The number of carbonyl (C=O) groups excluding carboxylic acids is 1. The Balaban J connectivity index is 1.67. The highest BCUT2D eigenvalue weighted by Gasteiger charge is 2.17. The molecule has 0 aliphatic heterocycles. The Labute approximate surface area is 175 Å². The maximum atomic E-state index is 12.6. The average molecular weight is 430 g/mol. The summed E-state index contributed by atoms with van der Waals surface area (Å²) in [5, 5.41) is 9.00. The van der Waals surface area contributed by atoms with Gasteiger partial charge < -0.3 is 9.42 Å². The number of carbonyl (C=O) groups is 1. The van der Waals surface area contributed by atoms with Gasteiger partial charge in [-0.05, 0) is 38.0 Å². The standard InChI is InChI=1S/C20H23N5O4S/c1-13-10-19(29-24-13)17-11-22-14(2)23-18(17)12-25(3)20(26)9-6-15-4-7-16(8-5-15)30(21,27)28/h4-5,7-8,10-11H,6,9,12H2,1-3H3,(H2,21,27,28). The van der Waals surface area contributed by atoms with Crippen LogP contribution in [0.3, 0.4) is 0 Å². The van der Waals surface area contributed by atoms with Crippen molar-refractivity contribution in [1.82, 2.24) is 20.0 Å². The number of benzene rings is 1. The Morgan fingerprint density at radius 1 is 1.20 bits per heavy atom. The number of nitrogens with zero attached hydrogens (tertiary/aromatic N) is 4. The van der Waals surface area contributed by atoms with Crippen LogP contribution in [0.25, 0.3) is 11.3 Å². The van der Waals surface area contributed by atoms with Gasteiger partial charge in [-0.3, -0.25) is 4.79 Å². The normalized spacial score (nSPS) is 11.5. The van der Waals surface area contributed by atoms with Crippen molar-refractivity contribution >= 4 is 15.9 Å². The number of hydrogen-bond donors (Lipinski definition) is 1. The van der Waals surface area contributed by atoms with E-state index in [2.05, 4.69) is 15.1 Å². The summed E-state index contributed by atoms with van der Waals surface area (Å²) in [6, 6.07) is 7.99. The predicted octanol–water partition coefficient (Wildman–Crippen LogP) is 1.99. The smallest absolute Gasteiger partial charge is 0.238 e. The predicted molar refractivity (Wildman–Crippen MR) is 110 cm³/mol. The van der Waals surface area contributed by atoms with Crippen molar-refractivity contribution in [3.63, 3.8) is 0 Å². The molecule has 0 unspecified atom stereocenters. The number of nitrogens with two attached hydrogens (primary N) is 1. The van der Waals surface area contributed by atoms with Crippen LogP contribution in [0.4, 0.5) is 0 Å². The molecule has 0 saturated heterocycles. The van der Waals surface area contributed by atoms with E-state index in [1.807, 2.05) is 6.92 Å². The molecule has 3 rings (SSSR count). The summed E-state index contributed by atoms with van der Waals surface area (Å²) >= 11 is 0. The summed E-state index contributed by atoms with van der Waals surface area (Å²) in [4.78, 5) is 22.9. The molecule has 9 nitrogen and oxygen atoms in total. The van der Waals surface area contributed by atoms with Crippen LogP contribution in [0.2, 0.25) is 0 Å². The van der Waals surface area contributed by atoms with E-state index < -0.39 is 10.0 Å². The van der Waals surface area contributed by atoms with E-state index in [4.69, 9.17) is 9.66 Å². The van der Waals surface area contributed by atoms with Crippen LogP contribution in [-0.2, 0) is 27.8 Å². The fraction of sp³-hybridized carbons (Fsp3) is 0.300. The van der Waals surface area contributed by atoms with E-state index in [0.29, 0.717) is 35.8 Å². The molecule has 0 spiro atoms. The van der Waals surface area contributed by atoms with Gasteiger partial charge in [0.2, 0.25) is 15.9 Å². The van der Waals surface area contributed by atoms with Gasteiger partial charge in [0.15, 0.2) is 5.76 Å². The molecule has 30 heavy (non-hydrogen) atoms. The molecule has 0 saturated carbocycles. The van der Waals surface area contributed by atoms with E-state index >= 15 is 0 Å². The average Bonchev–Trinajstić information content (AvgIpc) is 3.12. The van der Waals surface area contributed by atoms with Crippen LogP contribution in [0.5, 0.6) is 0 Å². The third kappa shape index (κ3) is 5.28. The second-order valence-corrected chi connectivity index (χ2v) is 8.61. The van der Waals surface area contributed by atoms with E-state index in [1.165, 1.54) is 12.1 Å². The van der Waals surface area contributed by atoms with Gasteiger partial charge in [-0.1, -0.05) is 17.3 Å². The lowest BCUT2D eigenvalue weighted by atomic mass is 10.1. The molecular weight excluding hydrogens is 406 g/mol. The Morgan fingerprint density at radius 3 is 2.50 bits per heavy atom. The first kappa shape index (κ1) is 21.6. The number of aromatic nitrogens is 3. The van der Waals surface area contributed by atoms with Gasteiger partial charge in [0.25, 0.3) is 0 Å². The third-order valence-electron chi connectivity index (χ3n) is 4.57. The monoisotopic (exact) mass is 429 g/mol. The van der Waals surface area contributed by atoms with Crippen molar-refractivity contribution in [1.29, 1.82) is 0 Å². The van der Waals surface area contributed by atoms with Crippen molar-refractivity contribution in [3.8, 4) is 11.3 Å². The number of primary sulfonamides is 1. The summed E-state index contributed by atoms with van der Waals surface area (Å²) in [6.45, 7) is 3.90. The first-order valence-corrected chi connectivity index (χ1v) is 10.8. The maximum Gasteiger partial charge on any atom is 0.238 e. The van der Waals surface area contributed by atoms with Crippen LogP contribution < -0.4 is 5.14 Å². The molecule has 1 aromatic carbocycles. The van der Waals surface area contributed by atoms with Gasteiger partial charge in [-0.15, -0.1) is 0 Å². The topological polar surface area (TPSA) is 132 Å². The molecule has 1 amide bonds. The number of hydrogen-bond acceptors (Lipinski definition) is 7. The SMILES string of the molecule is Cc1cc(-c2cnc(C)nc2CN(C)C(=O)CCc2ccc(S(N)(=O)=O)cc2)on1. The lowest BCUT2D eigenvalue weighted by molar-refractivity contribution is -0.130. The highest BCUT2D eigenvalue weighted by molar-refractivity contribution is 7.89. The number of rotatable bonds is 7. The molecule has 2 heterocycles. The Bertz CT molecular complexity index is 1160. The van der Waals surface area contributed by atoms with Crippen LogP contribution >= 0.6 is 0 Å².